The van der Waals surface area contributed by atoms with Crippen LogP contribution in [0.2, 0.25) is 0 Å². The van der Waals surface area contributed by atoms with Crippen LogP contribution >= 0.6 is 12.6 Å². The van der Waals surface area contributed by atoms with E-state index in [1.165, 1.54) is 4.90 Å². The topological polar surface area (TPSA) is 94.1 Å². The maximum Gasteiger partial charge on any atom is 0.321 e. The van der Waals surface area contributed by atoms with Crippen molar-refractivity contribution >= 4 is 30.3 Å². The number of urea groups is 1. The van der Waals surface area contributed by atoms with Crippen molar-refractivity contribution in [3.8, 4) is 11.5 Å². The summed E-state index contributed by atoms with van der Waals surface area (Å²) in [6.07, 6.45) is -0.828. The monoisotopic (exact) mass is 582 g/mol. The summed E-state index contributed by atoms with van der Waals surface area (Å²) in [6, 6.07) is 32.2. The molecule has 0 spiro atoms. The lowest BCUT2D eigenvalue weighted by molar-refractivity contribution is -0.134. The van der Waals surface area contributed by atoms with E-state index in [2.05, 4.69) is 23.3 Å². The van der Waals surface area contributed by atoms with E-state index in [0.29, 0.717) is 18.0 Å². The van der Waals surface area contributed by atoms with Crippen molar-refractivity contribution in [2.24, 2.45) is 0 Å². The summed E-state index contributed by atoms with van der Waals surface area (Å²) >= 11 is 4.62. The number of benzene rings is 4. The second-order valence-electron chi connectivity index (χ2n) is 10.3. The minimum absolute atomic E-state index is 0.123. The molecule has 1 aliphatic heterocycles. The lowest BCUT2D eigenvalue weighted by Crippen LogP contribution is -2.60. The van der Waals surface area contributed by atoms with Crippen LogP contribution in [0.25, 0.3) is 0 Å². The standard InChI is InChI=1S/C33H34N4O4S/c1-36(22-30(38)23-10-4-2-5-11-23)32(39)29-21-37(20-28(35-29)27-14-8-9-15-31(27)42)33(40)34-24-16-18-26(19-17-24)41-25-12-6-3-7-13-25/h2-19,28-30,35,38,42H,20-22H2,1H3,(H,34,40)/t28?,29-,30?/m0/s1. The summed E-state index contributed by atoms with van der Waals surface area (Å²) in [5.41, 5.74) is 2.23. The molecule has 2 unspecified atom stereocenters. The van der Waals surface area contributed by atoms with Crippen LogP contribution < -0.4 is 15.4 Å². The van der Waals surface area contributed by atoms with Crippen molar-refractivity contribution in [3.05, 3.63) is 120 Å². The number of nitrogens with zero attached hydrogens (tertiary/aromatic N) is 2. The van der Waals surface area contributed by atoms with Crippen molar-refractivity contribution < 1.29 is 19.4 Å². The fraction of sp³-hybridized carbons (Fsp3) is 0.212. The van der Waals surface area contributed by atoms with Crippen LogP contribution in [-0.2, 0) is 4.79 Å². The van der Waals surface area contributed by atoms with Gasteiger partial charge in [-0.2, -0.15) is 0 Å². The summed E-state index contributed by atoms with van der Waals surface area (Å²) in [5.74, 6) is 1.16. The average molecular weight is 583 g/mol. The van der Waals surface area contributed by atoms with Gasteiger partial charge < -0.3 is 25.0 Å². The fourth-order valence-electron chi connectivity index (χ4n) is 4.98. The smallest absolute Gasteiger partial charge is 0.321 e. The number of likely N-dealkylation sites (N-methyl/N-ethyl adjacent to an activating group) is 1. The average Bonchev–Trinajstić information content (AvgIpc) is 3.02. The Kier molecular flexibility index (Phi) is 9.43. The second kappa shape index (κ2) is 13.6. The third kappa shape index (κ3) is 7.30. The Bertz CT molecular complexity index is 1490. The lowest BCUT2D eigenvalue weighted by Gasteiger charge is -2.40. The maximum absolute atomic E-state index is 13.6. The molecular formula is C33H34N4O4S. The van der Waals surface area contributed by atoms with Gasteiger partial charge in [-0.05, 0) is 53.6 Å². The van der Waals surface area contributed by atoms with E-state index < -0.39 is 12.1 Å². The number of piperazine rings is 1. The van der Waals surface area contributed by atoms with Gasteiger partial charge in [0.25, 0.3) is 0 Å². The summed E-state index contributed by atoms with van der Waals surface area (Å²) in [5, 5.41) is 17.1. The molecule has 3 atom stereocenters. The number of carbonyl (C=O) groups is 2. The summed E-state index contributed by atoms with van der Waals surface area (Å²) in [6.45, 7) is 0.633. The summed E-state index contributed by atoms with van der Waals surface area (Å²) < 4.78 is 5.85. The molecule has 0 bridgehead atoms. The number of ether oxygens (including phenoxy) is 1. The molecule has 1 heterocycles. The van der Waals surface area contributed by atoms with Gasteiger partial charge in [-0.3, -0.25) is 10.1 Å². The van der Waals surface area contributed by atoms with Gasteiger partial charge in [-0.15, -0.1) is 12.6 Å². The zero-order chi connectivity index (χ0) is 29.5. The normalized spacial score (nSPS) is 17.3. The summed E-state index contributed by atoms with van der Waals surface area (Å²) in [4.78, 5) is 31.0. The Labute approximate surface area is 251 Å². The Balaban J connectivity index is 1.29. The van der Waals surface area contributed by atoms with Crippen LogP contribution in [0.3, 0.4) is 0 Å². The molecule has 9 heteroatoms. The molecule has 1 saturated heterocycles. The van der Waals surface area contributed by atoms with Gasteiger partial charge in [-0.25, -0.2) is 4.79 Å². The zero-order valence-corrected chi connectivity index (χ0v) is 24.2. The highest BCUT2D eigenvalue weighted by atomic mass is 32.1. The molecular weight excluding hydrogens is 548 g/mol. The van der Waals surface area contributed by atoms with Crippen molar-refractivity contribution in [1.82, 2.24) is 15.1 Å². The minimum atomic E-state index is -0.828. The largest absolute Gasteiger partial charge is 0.457 e. The SMILES string of the molecule is CN(CC(O)c1ccccc1)C(=O)[C@@H]1CN(C(=O)Nc2ccc(Oc3ccccc3)cc2)CC(c2ccccc2S)N1. The Morgan fingerprint density at radius 2 is 1.55 bits per heavy atom. The predicted molar refractivity (Wildman–Crippen MR) is 166 cm³/mol. The van der Waals surface area contributed by atoms with Crippen molar-refractivity contribution in [1.29, 1.82) is 0 Å². The second-order valence-corrected chi connectivity index (χ2v) is 10.7. The van der Waals surface area contributed by atoms with E-state index >= 15 is 0 Å². The van der Waals surface area contributed by atoms with E-state index in [1.54, 1.807) is 36.2 Å². The van der Waals surface area contributed by atoms with Crippen LogP contribution in [0.4, 0.5) is 10.5 Å². The van der Waals surface area contributed by atoms with Gasteiger partial charge >= 0.3 is 6.03 Å². The number of rotatable bonds is 8. The third-order valence-corrected chi connectivity index (χ3v) is 7.60. The molecule has 4 aromatic carbocycles. The molecule has 1 aliphatic rings. The molecule has 5 rings (SSSR count). The Morgan fingerprint density at radius 1 is 0.929 bits per heavy atom. The van der Waals surface area contributed by atoms with Gasteiger partial charge in [0.2, 0.25) is 5.91 Å². The Morgan fingerprint density at radius 3 is 2.24 bits per heavy atom. The number of anilines is 1. The quantitative estimate of drug-likeness (QED) is 0.206. The van der Waals surface area contributed by atoms with Gasteiger partial charge in [0, 0.05) is 30.7 Å². The number of aliphatic hydroxyl groups excluding tert-OH is 1. The van der Waals surface area contributed by atoms with Crippen LogP contribution in [0.15, 0.2) is 114 Å². The van der Waals surface area contributed by atoms with E-state index in [1.807, 2.05) is 84.9 Å². The van der Waals surface area contributed by atoms with Crippen molar-refractivity contribution in [2.45, 2.75) is 23.1 Å². The molecule has 3 amide bonds. The number of carbonyl (C=O) groups excluding carboxylic acids is 2. The van der Waals surface area contributed by atoms with E-state index in [9.17, 15) is 14.7 Å². The van der Waals surface area contributed by atoms with Gasteiger partial charge in [-0.1, -0.05) is 66.7 Å². The summed E-state index contributed by atoms with van der Waals surface area (Å²) in [7, 11) is 1.66. The number of para-hydroxylation sites is 1. The molecule has 42 heavy (non-hydrogen) atoms. The van der Waals surface area contributed by atoms with Gasteiger partial charge in [0.15, 0.2) is 0 Å². The highest BCUT2D eigenvalue weighted by Gasteiger charge is 2.36. The maximum atomic E-state index is 13.6. The number of amides is 3. The minimum Gasteiger partial charge on any atom is -0.457 e. The van der Waals surface area contributed by atoms with E-state index in [0.717, 1.165) is 21.8 Å². The van der Waals surface area contributed by atoms with Crippen LogP contribution in [0.1, 0.15) is 23.3 Å². The van der Waals surface area contributed by atoms with Gasteiger partial charge in [0.1, 0.15) is 17.5 Å². The van der Waals surface area contributed by atoms with Crippen molar-refractivity contribution in [3.63, 3.8) is 0 Å². The molecule has 0 saturated carbocycles. The predicted octanol–water partition coefficient (Wildman–Crippen LogP) is 5.51. The number of nitrogens with one attached hydrogen (secondary N) is 2. The molecule has 0 radical (unpaired) electrons. The first-order chi connectivity index (χ1) is 20.4. The fourth-order valence-corrected chi connectivity index (χ4v) is 5.30. The first kappa shape index (κ1) is 29.2. The molecule has 8 nitrogen and oxygen atoms in total. The molecule has 216 valence electrons. The lowest BCUT2D eigenvalue weighted by atomic mass is 10.0. The molecule has 0 aromatic heterocycles. The van der Waals surface area contributed by atoms with Crippen molar-refractivity contribution in [2.75, 3.05) is 32.0 Å². The first-order valence-electron chi connectivity index (χ1n) is 13.8. The van der Waals surface area contributed by atoms with Crippen LogP contribution in [0.5, 0.6) is 11.5 Å². The molecule has 4 aromatic rings. The number of hydrogen-bond acceptors (Lipinski definition) is 6. The molecule has 3 N–H and O–H groups in total. The van der Waals surface area contributed by atoms with Gasteiger partial charge in [0.05, 0.1) is 18.7 Å². The molecule has 0 aliphatic carbocycles. The number of hydrogen-bond donors (Lipinski definition) is 4. The third-order valence-electron chi connectivity index (χ3n) is 7.20. The van der Waals surface area contributed by atoms with E-state index in [4.69, 9.17) is 4.74 Å². The Hall–Kier alpha value is -4.31. The number of aliphatic hydroxyl groups is 1. The number of thiol groups is 1. The first-order valence-corrected chi connectivity index (χ1v) is 14.2. The van der Waals surface area contributed by atoms with Crippen LogP contribution in [0, 0.1) is 0 Å². The van der Waals surface area contributed by atoms with E-state index in [-0.39, 0.29) is 31.1 Å². The highest BCUT2D eigenvalue weighted by molar-refractivity contribution is 7.80. The zero-order valence-electron chi connectivity index (χ0n) is 23.3. The molecule has 1 fully saturated rings. The highest BCUT2D eigenvalue weighted by Crippen LogP contribution is 2.27. The van der Waals surface area contributed by atoms with Crippen LogP contribution in [-0.4, -0.2) is 59.6 Å².